The average molecular weight is 395 g/mol. The van der Waals surface area contributed by atoms with Gasteiger partial charge in [0.1, 0.15) is 0 Å². The minimum absolute atomic E-state index is 0.0804. The van der Waals surface area contributed by atoms with Crippen LogP contribution in [-0.2, 0) is 5.41 Å². The van der Waals surface area contributed by atoms with Crippen molar-refractivity contribution in [2.75, 3.05) is 10.6 Å². The fourth-order valence-corrected chi connectivity index (χ4v) is 2.99. The maximum Gasteiger partial charge on any atom is 0.258 e. The Morgan fingerprint density at radius 1 is 0.964 bits per heavy atom. The third-order valence-electron chi connectivity index (χ3n) is 4.41. The summed E-state index contributed by atoms with van der Waals surface area (Å²) < 4.78 is 0. The SMILES string of the molecule is Cc1c(Cl)cccc1Nc1ncc(C(=O)Nc2ccccc2C(C)(C)C)cn1. The lowest BCUT2D eigenvalue weighted by molar-refractivity contribution is 0.102. The maximum absolute atomic E-state index is 12.6. The number of para-hydroxylation sites is 1. The van der Waals surface area contributed by atoms with Crippen molar-refractivity contribution < 1.29 is 4.79 Å². The first-order chi connectivity index (χ1) is 13.3. The van der Waals surface area contributed by atoms with Gasteiger partial charge in [-0.3, -0.25) is 4.79 Å². The summed E-state index contributed by atoms with van der Waals surface area (Å²) in [7, 11) is 0. The van der Waals surface area contributed by atoms with Crippen molar-refractivity contribution in [3.8, 4) is 0 Å². The summed E-state index contributed by atoms with van der Waals surface area (Å²) >= 11 is 6.13. The Bertz CT molecular complexity index is 994. The second-order valence-electron chi connectivity index (χ2n) is 7.58. The summed E-state index contributed by atoms with van der Waals surface area (Å²) in [6.45, 7) is 8.25. The molecule has 0 bridgehead atoms. The Morgan fingerprint density at radius 3 is 2.29 bits per heavy atom. The van der Waals surface area contributed by atoms with Crippen molar-refractivity contribution in [1.29, 1.82) is 0 Å². The van der Waals surface area contributed by atoms with Crippen molar-refractivity contribution in [3.63, 3.8) is 0 Å². The van der Waals surface area contributed by atoms with Gasteiger partial charge in [0.2, 0.25) is 5.95 Å². The molecule has 1 heterocycles. The number of nitrogens with zero attached hydrogens (tertiary/aromatic N) is 2. The van der Waals surface area contributed by atoms with E-state index < -0.39 is 0 Å². The standard InChI is InChI=1S/C22H23ClN4O/c1-14-17(23)9-7-11-18(14)27-21-24-12-15(13-25-21)20(28)26-19-10-6-5-8-16(19)22(2,3)4/h5-13H,1-4H3,(H,26,28)(H,24,25,27). The van der Waals surface area contributed by atoms with Gasteiger partial charge in [-0.15, -0.1) is 0 Å². The number of halogens is 1. The van der Waals surface area contributed by atoms with Gasteiger partial charge in [0.25, 0.3) is 5.91 Å². The van der Waals surface area contributed by atoms with Crippen LogP contribution in [0.3, 0.4) is 0 Å². The average Bonchev–Trinajstić information content (AvgIpc) is 2.65. The molecule has 0 radical (unpaired) electrons. The zero-order chi connectivity index (χ0) is 20.3. The Hall–Kier alpha value is -2.92. The highest BCUT2D eigenvalue weighted by atomic mass is 35.5. The molecule has 0 saturated heterocycles. The summed E-state index contributed by atoms with van der Waals surface area (Å²) in [5.41, 5.74) is 3.90. The molecule has 3 aromatic rings. The van der Waals surface area contributed by atoms with Crippen LogP contribution in [0.5, 0.6) is 0 Å². The van der Waals surface area contributed by atoms with Crippen LogP contribution < -0.4 is 10.6 Å². The molecule has 0 atom stereocenters. The van der Waals surface area contributed by atoms with E-state index in [0.29, 0.717) is 16.5 Å². The Labute approximate surface area is 170 Å². The summed E-state index contributed by atoms with van der Waals surface area (Å²) in [5, 5.41) is 6.75. The van der Waals surface area contributed by atoms with Crippen LogP contribution in [0.4, 0.5) is 17.3 Å². The normalized spacial score (nSPS) is 11.2. The Morgan fingerprint density at radius 2 is 1.61 bits per heavy atom. The molecule has 1 amide bonds. The van der Waals surface area contributed by atoms with Crippen molar-refractivity contribution in [1.82, 2.24) is 9.97 Å². The minimum atomic E-state index is -0.248. The van der Waals surface area contributed by atoms with Crippen LogP contribution in [0.15, 0.2) is 54.9 Å². The topological polar surface area (TPSA) is 66.9 Å². The van der Waals surface area contributed by atoms with Crippen LogP contribution in [0, 0.1) is 6.92 Å². The highest BCUT2D eigenvalue weighted by Gasteiger charge is 2.19. The van der Waals surface area contributed by atoms with Crippen molar-refractivity contribution in [2.45, 2.75) is 33.1 Å². The van der Waals surface area contributed by atoms with Gasteiger partial charge in [-0.05, 0) is 41.7 Å². The summed E-state index contributed by atoms with van der Waals surface area (Å²) in [6, 6.07) is 13.4. The van der Waals surface area contributed by atoms with Gasteiger partial charge >= 0.3 is 0 Å². The third-order valence-corrected chi connectivity index (χ3v) is 4.82. The fourth-order valence-electron chi connectivity index (χ4n) is 2.81. The van der Waals surface area contributed by atoms with Crippen LogP contribution in [0.2, 0.25) is 5.02 Å². The quantitative estimate of drug-likeness (QED) is 0.592. The van der Waals surface area contributed by atoms with E-state index >= 15 is 0 Å². The van der Waals surface area contributed by atoms with Crippen molar-refractivity contribution in [2.24, 2.45) is 0 Å². The van der Waals surface area contributed by atoms with Gasteiger partial charge in [-0.25, -0.2) is 9.97 Å². The predicted molar refractivity (Wildman–Crippen MR) is 115 cm³/mol. The zero-order valence-electron chi connectivity index (χ0n) is 16.4. The van der Waals surface area contributed by atoms with E-state index in [1.165, 1.54) is 12.4 Å². The molecule has 0 aliphatic rings. The number of rotatable bonds is 4. The lowest BCUT2D eigenvalue weighted by Gasteiger charge is -2.23. The first-order valence-corrected chi connectivity index (χ1v) is 9.38. The molecule has 2 N–H and O–H groups in total. The summed E-state index contributed by atoms with van der Waals surface area (Å²) in [4.78, 5) is 21.1. The molecule has 28 heavy (non-hydrogen) atoms. The molecule has 6 heteroatoms. The highest BCUT2D eigenvalue weighted by molar-refractivity contribution is 6.31. The lowest BCUT2D eigenvalue weighted by atomic mass is 9.86. The van der Waals surface area contributed by atoms with Gasteiger partial charge in [0.05, 0.1) is 5.56 Å². The summed E-state index contributed by atoms with van der Waals surface area (Å²) in [6.07, 6.45) is 3.01. The number of anilines is 3. The number of nitrogens with one attached hydrogen (secondary N) is 2. The molecular formula is C22H23ClN4O. The van der Waals surface area contributed by atoms with Crippen molar-refractivity contribution >= 4 is 34.8 Å². The fraction of sp³-hybridized carbons (Fsp3) is 0.227. The molecular weight excluding hydrogens is 372 g/mol. The van der Waals surface area contributed by atoms with Crippen LogP contribution in [0.25, 0.3) is 0 Å². The highest BCUT2D eigenvalue weighted by Crippen LogP contribution is 2.29. The number of benzene rings is 2. The van der Waals surface area contributed by atoms with E-state index in [2.05, 4.69) is 41.4 Å². The molecule has 0 unspecified atom stereocenters. The van der Waals surface area contributed by atoms with E-state index in [4.69, 9.17) is 11.6 Å². The van der Waals surface area contributed by atoms with Gasteiger partial charge in [-0.2, -0.15) is 0 Å². The number of hydrogen-bond donors (Lipinski definition) is 2. The molecule has 0 fully saturated rings. The first-order valence-electron chi connectivity index (χ1n) is 9.01. The van der Waals surface area contributed by atoms with E-state index in [-0.39, 0.29) is 11.3 Å². The molecule has 5 nitrogen and oxygen atoms in total. The minimum Gasteiger partial charge on any atom is -0.324 e. The molecule has 3 rings (SSSR count). The third kappa shape index (κ3) is 4.49. The number of aromatic nitrogens is 2. The zero-order valence-corrected chi connectivity index (χ0v) is 17.1. The Kier molecular flexibility index (Phi) is 5.66. The second-order valence-corrected chi connectivity index (χ2v) is 7.99. The number of carbonyl (C=O) groups excluding carboxylic acids is 1. The first kappa shape index (κ1) is 19.8. The molecule has 0 spiro atoms. The smallest absolute Gasteiger partial charge is 0.258 e. The van der Waals surface area contributed by atoms with E-state index in [1.54, 1.807) is 0 Å². The monoisotopic (exact) mass is 394 g/mol. The van der Waals surface area contributed by atoms with Gasteiger partial charge < -0.3 is 10.6 Å². The molecule has 1 aromatic heterocycles. The summed E-state index contributed by atoms with van der Waals surface area (Å²) in [5.74, 6) is 0.152. The largest absolute Gasteiger partial charge is 0.324 e. The van der Waals surface area contributed by atoms with Crippen molar-refractivity contribution in [3.05, 3.63) is 76.6 Å². The van der Waals surface area contributed by atoms with Crippen LogP contribution >= 0.6 is 11.6 Å². The molecule has 0 aliphatic heterocycles. The lowest BCUT2D eigenvalue weighted by Crippen LogP contribution is -2.19. The van der Waals surface area contributed by atoms with E-state index in [9.17, 15) is 4.79 Å². The van der Waals surface area contributed by atoms with Gasteiger partial charge in [0, 0.05) is 28.8 Å². The van der Waals surface area contributed by atoms with Gasteiger partial charge in [0.15, 0.2) is 0 Å². The molecule has 0 aliphatic carbocycles. The number of hydrogen-bond acceptors (Lipinski definition) is 4. The molecule has 2 aromatic carbocycles. The number of carbonyl (C=O) groups is 1. The predicted octanol–water partition coefficient (Wildman–Crippen LogP) is 5.73. The maximum atomic E-state index is 12.6. The molecule has 144 valence electrons. The van der Waals surface area contributed by atoms with Crippen LogP contribution in [0.1, 0.15) is 42.3 Å². The Balaban J connectivity index is 1.75. The number of amides is 1. The van der Waals surface area contributed by atoms with Crippen LogP contribution in [-0.4, -0.2) is 15.9 Å². The van der Waals surface area contributed by atoms with E-state index in [0.717, 1.165) is 22.5 Å². The second kappa shape index (κ2) is 7.98. The van der Waals surface area contributed by atoms with E-state index in [1.807, 2.05) is 49.4 Å². The molecule has 0 saturated carbocycles. The van der Waals surface area contributed by atoms with Gasteiger partial charge in [-0.1, -0.05) is 56.6 Å².